The number of furan rings is 1. The third kappa shape index (κ3) is 2.30. The van der Waals surface area contributed by atoms with Crippen molar-refractivity contribution in [2.45, 2.75) is 6.10 Å². The maximum absolute atomic E-state index is 9.95. The Balaban J connectivity index is 2.32. The van der Waals surface area contributed by atoms with Crippen LogP contribution in [0.1, 0.15) is 17.6 Å². The van der Waals surface area contributed by atoms with Crippen molar-refractivity contribution in [1.29, 1.82) is 0 Å². The Morgan fingerprint density at radius 1 is 1.27 bits per heavy atom. The molecule has 0 saturated carbocycles. The summed E-state index contributed by atoms with van der Waals surface area (Å²) < 4.78 is 6.77. The lowest BCUT2D eigenvalue weighted by Crippen LogP contribution is -2.01. The fourth-order valence-electron chi connectivity index (χ4n) is 1.18. The molecule has 3 nitrogen and oxygen atoms in total. The van der Waals surface area contributed by atoms with Crippen molar-refractivity contribution >= 4 is 31.9 Å². The van der Waals surface area contributed by atoms with Gasteiger partial charge in [-0.05, 0) is 50.1 Å². The van der Waals surface area contributed by atoms with Crippen LogP contribution < -0.4 is 0 Å². The Morgan fingerprint density at radius 3 is 2.60 bits per heavy atom. The highest BCUT2D eigenvalue weighted by molar-refractivity contribution is 9.10. The summed E-state index contributed by atoms with van der Waals surface area (Å²) >= 11 is 6.57. The van der Waals surface area contributed by atoms with E-state index in [0.717, 1.165) is 8.95 Å². The minimum atomic E-state index is -0.845. The van der Waals surface area contributed by atoms with E-state index < -0.39 is 6.10 Å². The van der Waals surface area contributed by atoms with Gasteiger partial charge in [0, 0.05) is 10.7 Å². The number of pyridine rings is 1. The van der Waals surface area contributed by atoms with Crippen molar-refractivity contribution in [1.82, 2.24) is 4.98 Å². The topological polar surface area (TPSA) is 46.3 Å². The predicted octanol–water partition coefficient (Wildman–Crippen LogP) is 3.28. The van der Waals surface area contributed by atoms with Gasteiger partial charge in [-0.15, -0.1) is 0 Å². The Kier molecular flexibility index (Phi) is 3.23. The Bertz CT molecular complexity index is 453. The van der Waals surface area contributed by atoms with E-state index in [1.54, 1.807) is 18.3 Å². The van der Waals surface area contributed by atoms with Crippen LogP contribution in [0.25, 0.3) is 0 Å². The monoisotopic (exact) mass is 331 g/mol. The zero-order valence-electron chi connectivity index (χ0n) is 7.52. The summed E-state index contributed by atoms with van der Waals surface area (Å²) in [7, 11) is 0. The highest BCUT2D eigenvalue weighted by Gasteiger charge is 2.17. The van der Waals surface area contributed by atoms with Crippen LogP contribution in [0, 0.1) is 0 Å². The van der Waals surface area contributed by atoms with Crippen molar-refractivity contribution in [2.24, 2.45) is 0 Å². The van der Waals surface area contributed by atoms with E-state index in [9.17, 15) is 5.11 Å². The van der Waals surface area contributed by atoms with E-state index in [4.69, 9.17) is 4.42 Å². The molecule has 0 spiro atoms. The summed E-state index contributed by atoms with van der Waals surface area (Å²) in [4.78, 5) is 4.10. The molecule has 2 rings (SSSR count). The summed E-state index contributed by atoms with van der Waals surface area (Å²) in [5, 5.41) is 9.95. The molecule has 1 N–H and O–H groups in total. The largest absolute Gasteiger partial charge is 0.465 e. The van der Waals surface area contributed by atoms with Crippen molar-refractivity contribution in [3.8, 4) is 0 Å². The number of halogens is 2. The number of aliphatic hydroxyl groups excluding tert-OH is 1. The van der Waals surface area contributed by atoms with Crippen molar-refractivity contribution in [3.63, 3.8) is 0 Å². The summed E-state index contributed by atoms with van der Waals surface area (Å²) in [6, 6.07) is 5.30. The molecule has 78 valence electrons. The Hall–Kier alpha value is -0.650. The first-order chi connectivity index (χ1) is 7.18. The van der Waals surface area contributed by atoms with Gasteiger partial charge in [0.1, 0.15) is 0 Å². The summed E-state index contributed by atoms with van der Waals surface area (Å²) in [6.07, 6.45) is 2.30. The quantitative estimate of drug-likeness (QED) is 0.918. The van der Waals surface area contributed by atoms with Crippen molar-refractivity contribution in [2.75, 3.05) is 0 Å². The van der Waals surface area contributed by atoms with E-state index in [2.05, 4.69) is 36.8 Å². The SMILES string of the molecule is OC(c1ccc(Br)cn1)c1occc1Br. The van der Waals surface area contributed by atoms with Gasteiger partial charge in [0.2, 0.25) is 0 Å². The predicted molar refractivity (Wildman–Crippen MR) is 62.4 cm³/mol. The van der Waals surface area contributed by atoms with Crippen LogP contribution in [0.3, 0.4) is 0 Å². The van der Waals surface area contributed by atoms with Gasteiger partial charge in [-0.25, -0.2) is 0 Å². The molecule has 0 aliphatic carbocycles. The standard InChI is InChI=1S/C10H7Br2NO2/c11-6-1-2-8(13-5-6)9(14)10-7(12)3-4-15-10/h1-5,9,14H. The lowest BCUT2D eigenvalue weighted by atomic mass is 10.2. The average molecular weight is 333 g/mol. The minimum Gasteiger partial charge on any atom is -0.465 e. The molecule has 0 aliphatic heterocycles. The number of nitrogens with zero attached hydrogens (tertiary/aromatic N) is 1. The van der Waals surface area contributed by atoms with Gasteiger partial charge in [0.15, 0.2) is 11.9 Å². The van der Waals surface area contributed by atoms with E-state index >= 15 is 0 Å². The minimum absolute atomic E-state index is 0.463. The molecule has 2 heterocycles. The van der Waals surface area contributed by atoms with Crippen LogP contribution in [0.15, 0.2) is 44.0 Å². The maximum Gasteiger partial charge on any atom is 0.154 e. The van der Waals surface area contributed by atoms with Crippen LogP contribution in [0.5, 0.6) is 0 Å². The lowest BCUT2D eigenvalue weighted by molar-refractivity contribution is 0.184. The van der Waals surface area contributed by atoms with E-state index in [-0.39, 0.29) is 0 Å². The molecule has 2 aromatic rings. The number of rotatable bonds is 2. The van der Waals surface area contributed by atoms with Crippen LogP contribution >= 0.6 is 31.9 Å². The first-order valence-electron chi connectivity index (χ1n) is 4.21. The molecule has 0 bridgehead atoms. The number of hydrogen-bond acceptors (Lipinski definition) is 3. The van der Waals surface area contributed by atoms with Crippen molar-refractivity contribution < 1.29 is 9.52 Å². The normalized spacial score (nSPS) is 12.7. The highest BCUT2D eigenvalue weighted by atomic mass is 79.9. The zero-order valence-corrected chi connectivity index (χ0v) is 10.7. The molecule has 15 heavy (non-hydrogen) atoms. The highest BCUT2D eigenvalue weighted by Crippen LogP contribution is 2.28. The van der Waals surface area contributed by atoms with Gasteiger partial charge in [0.25, 0.3) is 0 Å². The summed E-state index contributed by atoms with van der Waals surface area (Å²) in [5.74, 6) is 0.463. The molecule has 0 aliphatic rings. The second-order valence-corrected chi connectivity index (χ2v) is 4.71. The number of aliphatic hydroxyl groups is 1. The van der Waals surface area contributed by atoms with Crippen LogP contribution in [0.2, 0.25) is 0 Å². The van der Waals surface area contributed by atoms with Gasteiger partial charge in [-0.3, -0.25) is 4.98 Å². The second-order valence-electron chi connectivity index (χ2n) is 2.94. The van der Waals surface area contributed by atoms with Crippen LogP contribution in [-0.4, -0.2) is 10.1 Å². The second kappa shape index (κ2) is 4.47. The Labute approximate surface area is 103 Å². The number of hydrogen-bond donors (Lipinski definition) is 1. The van der Waals surface area contributed by atoms with E-state index in [0.29, 0.717) is 11.5 Å². The first-order valence-corrected chi connectivity index (χ1v) is 5.79. The van der Waals surface area contributed by atoms with Gasteiger partial charge in [-0.2, -0.15) is 0 Å². The van der Waals surface area contributed by atoms with Gasteiger partial charge < -0.3 is 9.52 Å². The fourth-order valence-corrected chi connectivity index (χ4v) is 1.84. The van der Waals surface area contributed by atoms with Crippen molar-refractivity contribution in [3.05, 3.63) is 51.1 Å². The zero-order chi connectivity index (χ0) is 10.8. The smallest absolute Gasteiger partial charge is 0.154 e. The molecule has 1 unspecified atom stereocenters. The molecule has 0 amide bonds. The third-order valence-corrected chi connectivity index (χ3v) is 3.05. The van der Waals surface area contributed by atoms with Gasteiger partial charge >= 0.3 is 0 Å². The average Bonchev–Trinajstić information content (AvgIpc) is 2.65. The molecule has 0 radical (unpaired) electrons. The lowest BCUT2D eigenvalue weighted by Gasteiger charge is -2.07. The summed E-state index contributed by atoms with van der Waals surface area (Å²) in [6.45, 7) is 0. The van der Waals surface area contributed by atoms with E-state index in [1.165, 1.54) is 6.26 Å². The maximum atomic E-state index is 9.95. The van der Waals surface area contributed by atoms with Crippen LogP contribution in [0.4, 0.5) is 0 Å². The first kappa shape index (κ1) is 10.9. The molecule has 5 heteroatoms. The fraction of sp³-hybridized carbons (Fsp3) is 0.100. The number of aromatic nitrogens is 1. The molecular weight excluding hydrogens is 326 g/mol. The van der Waals surface area contributed by atoms with Gasteiger partial charge in [-0.1, -0.05) is 0 Å². The molecule has 0 fully saturated rings. The molecule has 0 saturated heterocycles. The van der Waals surface area contributed by atoms with Gasteiger partial charge in [0.05, 0.1) is 16.4 Å². The third-order valence-electron chi connectivity index (χ3n) is 1.92. The molecule has 0 aromatic carbocycles. The molecule has 1 atom stereocenters. The van der Waals surface area contributed by atoms with E-state index in [1.807, 2.05) is 6.07 Å². The van der Waals surface area contributed by atoms with Crippen LogP contribution in [-0.2, 0) is 0 Å². The Morgan fingerprint density at radius 2 is 2.07 bits per heavy atom. The molecular formula is C10H7Br2NO2. The summed E-state index contributed by atoms with van der Waals surface area (Å²) in [5.41, 5.74) is 0.550. The molecule has 2 aromatic heterocycles.